The SMILES string of the molecule is CC(NCc1cc(N(C)C)c2c(c1N=O)C(=O)C1=C(O)[C@]3(O)C(=O)C(C(N)=O)=C(O)C(N(C)C)[C@]3(O)C[C@@H]1C2)C(C)(F)F. The number of nitrogens with zero attached hydrogens (tertiary/aromatic N) is 3. The van der Waals surface area contributed by atoms with Crippen LogP contribution in [0.5, 0.6) is 0 Å². The average Bonchev–Trinajstić information content (AvgIpc) is 2.87. The summed E-state index contributed by atoms with van der Waals surface area (Å²) >= 11 is 0. The molecule has 0 fully saturated rings. The van der Waals surface area contributed by atoms with E-state index < -0.39 is 81.7 Å². The minimum absolute atomic E-state index is 0.0898. The average molecular weight is 608 g/mol. The Bertz CT molecular complexity index is 1500. The topological polar surface area (TPSA) is 206 Å². The molecule has 1 aromatic rings. The number of carbonyl (C=O) groups is 3. The van der Waals surface area contributed by atoms with Crippen LogP contribution >= 0.6 is 0 Å². The Morgan fingerprint density at radius 3 is 2.33 bits per heavy atom. The van der Waals surface area contributed by atoms with E-state index in [0.29, 0.717) is 11.3 Å². The first kappa shape index (κ1) is 32.1. The summed E-state index contributed by atoms with van der Waals surface area (Å²) in [4.78, 5) is 54.8. The number of benzene rings is 1. The van der Waals surface area contributed by atoms with Crippen molar-refractivity contribution < 1.29 is 43.6 Å². The number of hydrogen-bond donors (Lipinski definition) is 6. The minimum atomic E-state index is -3.28. The predicted octanol–water partition coefficient (Wildman–Crippen LogP) is 1.13. The number of allylic oxidation sites excluding steroid dienone is 1. The van der Waals surface area contributed by atoms with Crippen LogP contribution in [0.3, 0.4) is 0 Å². The van der Waals surface area contributed by atoms with Crippen LogP contribution in [-0.2, 0) is 22.6 Å². The molecule has 1 aromatic carbocycles. The quantitative estimate of drug-likeness (QED) is 0.182. The summed E-state index contributed by atoms with van der Waals surface area (Å²) < 4.78 is 27.6. The number of hydrogen-bond acceptors (Lipinski definition) is 12. The van der Waals surface area contributed by atoms with E-state index in [1.54, 1.807) is 19.0 Å². The summed E-state index contributed by atoms with van der Waals surface area (Å²) in [6, 6.07) is -1.39. The molecule has 13 nitrogen and oxygen atoms in total. The van der Waals surface area contributed by atoms with Gasteiger partial charge in [0.05, 0.1) is 11.6 Å². The van der Waals surface area contributed by atoms with Crippen molar-refractivity contribution in [3.8, 4) is 0 Å². The van der Waals surface area contributed by atoms with Gasteiger partial charge in [0.25, 0.3) is 11.8 Å². The molecule has 0 spiro atoms. The van der Waals surface area contributed by atoms with Gasteiger partial charge in [0.1, 0.15) is 34.4 Å². The molecule has 0 saturated heterocycles. The lowest BCUT2D eigenvalue weighted by Crippen LogP contribution is -2.75. The number of anilines is 1. The van der Waals surface area contributed by atoms with Crippen molar-refractivity contribution in [2.24, 2.45) is 16.8 Å². The summed E-state index contributed by atoms with van der Waals surface area (Å²) in [5.74, 6) is -10.3. The number of alkyl halides is 2. The van der Waals surface area contributed by atoms with Gasteiger partial charge in [0.2, 0.25) is 11.4 Å². The van der Waals surface area contributed by atoms with Gasteiger partial charge in [0, 0.05) is 38.8 Å². The van der Waals surface area contributed by atoms with E-state index in [1.165, 1.54) is 32.0 Å². The van der Waals surface area contributed by atoms with Crippen LogP contribution in [0.25, 0.3) is 0 Å². The number of rotatable bonds is 8. The molecule has 1 amide bonds. The zero-order chi connectivity index (χ0) is 32.6. The van der Waals surface area contributed by atoms with Crippen LogP contribution in [0, 0.1) is 10.8 Å². The van der Waals surface area contributed by atoms with E-state index in [9.17, 15) is 48.5 Å². The molecule has 0 bridgehead atoms. The monoisotopic (exact) mass is 607 g/mol. The van der Waals surface area contributed by atoms with E-state index in [-0.39, 0.29) is 29.8 Å². The highest BCUT2D eigenvalue weighted by molar-refractivity contribution is 6.25. The second-order valence-electron chi connectivity index (χ2n) is 12.0. The molecule has 4 rings (SSSR count). The number of carbonyl (C=O) groups excluding carboxylic acids is 3. The number of halogens is 2. The maximum Gasteiger partial charge on any atom is 0.260 e. The van der Waals surface area contributed by atoms with Crippen LogP contribution in [0.2, 0.25) is 0 Å². The highest BCUT2D eigenvalue weighted by atomic mass is 19.3. The van der Waals surface area contributed by atoms with E-state index >= 15 is 0 Å². The van der Waals surface area contributed by atoms with Crippen LogP contribution in [0.15, 0.2) is 33.9 Å². The molecular weight excluding hydrogens is 572 g/mol. The molecule has 7 N–H and O–H groups in total. The Morgan fingerprint density at radius 1 is 1.23 bits per heavy atom. The first-order valence-electron chi connectivity index (χ1n) is 13.4. The summed E-state index contributed by atoms with van der Waals surface area (Å²) in [5.41, 5.74) is -1.95. The van der Waals surface area contributed by atoms with Gasteiger partial charge in [-0.3, -0.25) is 19.3 Å². The molecule has 15 heteroatoms. The Balaban J connectivity index is 1.98. The number of fused-ring (bicyclic) bond motifs is 3. The fraction of sp³-hybridized carbons (Fsp3) is 0.536. The van der Waals surface area contributed by atoms with Crippen molar-refractivity contribution in [2.75, 3.05) is 33.1 Å². The van der Waals surface area contributed by atoms with E-state index in [1.807, 2.05) is 0 Å². The second-order valence-corrected chi connectivity index (χ2v) is 12.0. The molecule has 234 valence electrons. The molecule has 3 aliphatic rings. The second kappa shape index (κ2) is 10.4. The largest absolute Gasteiger partial charge is 0.510 e. The first-order valence-corrected chi connectivity index (χ1v) is 13.4. The van der Waals surface area contributed by atoms with Crippen molar-refractivity contribution in [2.45, 2.75) is 62.4 Å². The smallest absolute Gasteiger partial charge is 0.260 e. The summed E-state index contributed by atoms with van der Waals surface area (Å²) in [6.07, 6.45) is -0.630. The first-order chi connectivity index (χ1) is 19.7. The molecule has 3 aliphatic carbocycles. The number of nitrogens with two attached hydrogens (primary N) is 1. The van der Waals surface area contributed by atoms with Crippen molar-refractivity contribution in [3.63, 3.8) is 0 Å². The highest BCUT2D eigenvalue weighted by Crippen LogP contribution is 2.55. The third kappa shape index (κ3) is 4.53. The molecule has 0 saturated carbocycles. The van der Waals surface area contributed by atoms with E-state index in [4.69, 9.17) is 5.73 Å². The zero-order valence-electron chi connectivity index (χ0n) is 24.5. The van der Waals surface area contributed by atoms with Crippen molar-refractivity contribution >= 4 is 28.8 Å². The Morgan fingerprint density at radius 2 is 1.84 bits per heavy atom. The number of aliphatic hydroxyl groups is 4. The van der Waals surface area contributed by atoms with Gasteiger partial charge in [-0.25, -0.2) is 8.78 Å². The number of nitrogens with one attached hydrogen (secondary N) is 1. The van der Waals surface area contributed by atoms with E-state index in [2.05, 4.69) is 10.5 Å². The minimum Gasteiger partial charge on any atom is -0.510 e. The van der Waals surface area contributed by atoms with Crippen molar-refractivity contribution in [3.05, 3.63) is 50.3 Å². The lowest BCUT2D eigenvalue weighted by atomic mass is 9.56. The summed E-state index contributed by atoms with van der Waals surface area (Å²) in [5, 5.41) is 51.8. The Kier molecular flexibility index (Phi) is 7.80. The Hall–Kier alpha value is -3.79. The van der Waals surface area contributed by atoms with Crippen LogP contribution in [0.1, 0.15) is 41.8 Å². The van der Waals surface area contributed by atoms with Crippen LogP contribution in [-0.4, -0.2) is 100 Å². The van der Waals surface area contributed by atoms with Crippen molar-refractivity contribution in [1.82, 2.24) is 10.2 Å². The number of Topliss-reactive ketones (excluding diaryl/α,β-unsaturated/α-hetero) is 2. The number of ketones is 2. The van der Waals surface area contributed by atoms with Gasteiger partial charge in [-0.15, -0.1) is 4.91 Å². The summed E-state index contributed by atoms with van der Waals surface area (Å²) in [6.45, 7) is 1.69. The Labute approximate surface area is 245 Å². The van der Waals surface area contributed by atoms with Gasteiger partial charge in [-0.1, -0.05) is 0 Å². The third-order valence-corrected chi connectivity index (χ3v) is 8.79. The van der Waals surface area contributed by atoms with E-state index in [0.717, 1.165) is 6.92 Å². The standard InChI is InChI=1S/C28H35F2N5O8/c1-11(26(2,29)30)32-10-13-8-15(34(3)4)14-7-12-9-27(41)22(35(5)6)21(37)18(25(31)40)24(39)28(27,42)23(38)16(12)20(36)17(14)19(13)33-43/h8,11-12,22,32,37-38,41-42H,7,9-10H2,1-6H3,(H2,31,40)/t11?,12-,22?,27+,28-/m0/s1. The molecule has 0 heterocycles. The van der Waals surface area contributed by atoms with Gasteiger partial charge < -0.3 is 36.4 Å². The van der Waals surface area contributed by atoms with Gasteiger partial charge >= 0.3 is 0 Å². The molecular formula is C28H35F2N5O8. The lowest BCUT2D eigenvalue weighted by molar-refractivity contribution is -0.199. The highest BCUT2D eigenvalue weighted by Gasteiger charge is 2.71. The maximum atomic E-state index is 14.1. The third-order valence-electron chi connectivity index (χ3n) is 8.79. The zero-order valence-corrected chi connectivity index (χ0v) is 24.5. The van der Waals surface area contributed by atoms with Crippen LogP contribution in [0.4, 0.5) is 20.2 Å². The van der Waals surface area contributed by atoms with Crippen LogP contribution < -0.4 is 16.0 Å². The number of likely N-dealkylation sites (N-methyl/N-ethyl adjacent to an activating group) is 1. The number of aliphatic hydroxyl groups excluding tert-OH is 2. The molecule has 0 radical (unpaired) electrons. The fourth-order valence-electron chi connectivity index (χ4n) is 6.53. The number of nitroso groups, excluding NO2 is 1. The molecule has 43 heavy (non-hydrogen) atoms. The molecule has 0 aromatic heterocycles. The predicted molar refractivity (Wildman–Crippen MR) is 150 cm³/mol. The van der Waals surface area contributed by atoms with Gasteiger partial charge in [-0.05, 0) is 62.1 Å². The lowest BCUT2D eigenvalue weighted by Gasteiger charge is -2.55. The molecule has 5 atom stereocenters. The summed E-state index contributed by atoms with van der Waals surface area (Å²) in [7, 11) is 6.09. The van der Waals surface area contributed by atoms with Gasteiger partial charge in [-0.2, -0.15) is 0 Å². The normalized spacial score (nSPS) is 28.0. The number of amides is 1. The maximum absolute atomic E-state index is 14.1. The molecule has 2 unspecified atom stereocenters. The molecule has 0 aliphatic heterocycles. The van der Waals surface area contributed by atoms with Gasteiger partial charge in [0.15, 0.2) is 5.78 Å². The number of primary amides is 1. The fourth-order valence-corrected chi connectivity index (χ4v) is 6.53. The van der Waals surface area contributed by atoms with Crippen molar-refractivity contribution in [1.29, 1.82) is 0 Å².